The Balaban J connectivity index is 1.60. The van der Waals surface area contributed by atoms with Crippen LogP contribution in [-0.4, -0.2) is 4.98 Å². The molecule has 0 radical (unpaired) electrons. The number of hydrogen-bond donors (Lipinski definition) is 0. The fraction of sp³-hybridized carbons (Fsp3) is 0.0714. The van der Waals surface area contributed by atoms with Gasteiger partial charge in [-0.1, -0.05) is 72.8 Å². The van der Waals surface area contributed by atoms with Crippen molar-refractivity contribution in [3.8, 4) is 17.6 Å². The van der Waals surface area contributed by atoms with E-state index < -0.39 is 0 Å². The van der Waals surface area contributed by atoms with E-state index in [0.29, 0.717) is 36.0 Å². The molecule has 156 valence electrons. The molecule has 4 heteroatoms. The van der Waals surface area contributed by atoms with Gasteiger partial charge in [-0.3, -0.25) is 4.98 Å². The topological polar surface area (TPSA) is 55.1 Å². The smallest absolute Gasteiger partial charge is 0.162 e. The van der Waals surface area contributed by atoms with Crippen molar-refractivity contribution in [3.05, 3.63) is 126 Å². The molecule has 0 aliphatic rings. The minimum Gasteiger partial charge on any atom is -0.485 e. The lowest BCUT2D eigenvalue weighted by Crippen LogP contribution is -2.01. The number of pyridine rings is 1. The van der Waals surface area contributed by atoms with Crippen LogP contribution in [0.3, 0.4) is 0 Å². The molecule has 1 heterocycles. The predicted octanol–water partition coefficient (Wildman–Crippen LogP) is 6.30. The molecule has 4 rings (SSSR count). The first-order valence-electron chi connectivity index (χ1n) is 10.3. The van der Waals surface area contributed by atoms with E-state index in [1.165, 1.54) is 0 Å². The molecule has 0 saturated carbocycles. The van der Waals surface area contributed by atoms with E-state index in [2.05, 4.69) is 11.1 Å². The summed E-state index contributed by atoms with van der Waals surface area (Å²) in [7, 11) is 0. The van der Waals surface area contributed by atoms with Gasteiger partial charge in [0.2, 0.25) is 0 Å². The summed E-state index contributed by atoms with van der Waals surface area (Å²) >= 11 is 0. The molecule has 4 nitrogen and oxygen atoms in total. The Hall–Kier alpha value is -4.36. The van der Waals surface area contributed by atoms with Crippen LogP contribution in [0.25, 0.3) is 11.6 Å². The van der Waals surface area contributed by atoms with Crippen LogP contribution >= 0.6 is 0 Å². The van der Waals surface area contributed by atoms with Crippen molar-refractivity contribution in [1.29, 1.82) is 5.26 Å². The molecule has 0 aliphatic carbocycles. The van der Waals surface area contributed by atoms with Gasteiger partial charge >= 0.3 is 0 Å². The van der Waals surface area contributed by atoms with Crippen molar-refractivity contribution in [2.45, 2.75) is 13.2 Å². The summed E-state index contributed by atoms with van der Waals surface area (Å²) in [6, 6.07) is 33.4. The molecule has 0 amide bonds. The van der Waals surface area contributed by atoms with Crippen molar-refractivity contribution >= 4 is 11.6 Å². The standard InChI is InChI=1S/C28H22N2O2/c29-19-25(26-13-7-8-16-30-26)17-24-14-15-27(31-20-22-9-3-1-4-10-22)28(18-24)32-21-23-11-5-2-6-12-23/h1-18H,20-21H2/b25-17+. The van der Waals surface area contributed by atoms with Gasteiger partial charge in [-0.05, 0) is 47.0 Å². The highest BCUT2D eigenvalue weighted by Crippen LogP contribution is 2.31. The molecule has 0 unspecified atom stereocenters. The predicted molar refractivity (Wildman–Crippen MR) is 126 cm³/mol. The van der Waals surface area contributed by atoms with Crippen LogP contribution < -0.4 is 9.47 Å². The monoisotopic (exact) mass is 418 g/mol. The van der Waals surface area contributed by atoms with E-state index in [1.54, 1.807) is 12.3 Å². The van der Waals surface area contributed by atoms with Gasteiger partial charge in [0.25, 0.3) is 0 Å². The maximum absolute atomic E-state index is 9.61. The number of benzene rings is 3. The van der Waals surface area contributed by atoms with Crippen molar-refractivity contribution in [2.75, 3.05) is 0 Å². The maximum atomic E-state index is 9.61. The van der Waals surface area contributed by atoms with Gasteiger partial charge in [-0.25, -0.2) is 0 Å². The summed E-state index contributed by atoms with van der Waals surface area (Å²) in [5.74, 6) is 1.27. The average Bonchev–Trinajstić information content (AvgIpc) is 2.87. The number of rotatable bonds is 8. The minimum atomic E-state index is 0.418. The maximum Gasteiger partial charge on any atom is 0.162 e. The highest BCUT2D eigenvalue weighted by molar-refractivity contribution is 5.88. The number of allylic oxidation sites excluding steroid dienone is 1. The molecule has 3 aromatic carbocycles. The molecule has 1 aromatic heterocycles. The highest BCUT2D eigenvalue weighted by atomic mass is 16.5. The zero-order valence-corrected chi connectivity index (χ0v) is 17.5. The molecule has 0 N–H and O–H groups in total. The first kappa shape index (κ1) is 20.9. The second kappa shape index (κ2) is 10.6. The van der Waals surface area contributed by atoms with Crippen LogP contribution in [0, 0.1) is 11.3 Å². The Morgan fingerprint density at radius 2 is 1.38 bits per heavy atom. The molecule has 0 atom stereocenters. The van der Waals surface area contributed by atoms with Crippen LogP contribution in [0.5, 0.6) is 11.5 Å². The number of aromatic nitrogens is 1. The normalized spacial score (nSPS) is 10.9. The van der Waals surface area contributed by atoms with Crippen LogP contribution in [0.4, 0.5) is 0 Å². The molecule has 0 aliphatic heterocycles. The van der Waals surface area contributed by atoms with E-state index in [1.807, 2.05) is 97.1 Å². The van der Waals surface area contributed by atoms with Gasteiger partial charge < -0.3 is 9.47 Å². The van der Waals surface area contributed by atoms with E-state index in [4.69, 9.17) is 9.47 Å². The van der Waals surface area contributed by atoms with E-state index in [-0.39, 0.29) is 0 Å². The zero-order valence-electron chi connectivity index (χ0n) is 17.5. The summed E-state index contributed by atoms with van der Waals surface area (Å²) in [4.78, 5) is 4.28. The quantitative estimate of drug-likeness (QED) is 0.315. The highest BCUT2D eigenvalue weighted by Gasteiger charge is 2.09. The van der Waals surface area contributed by atoms with Crippen molar-refractivity contribution in [1.82, 2.24) is 4.98 Å². The number of nitriles is 1. The van der Waals surface area contributed by atoms with Gasteiger partial charge in [0.05, 0.1) is 11.3 Å². The third-order valence-electron chi connectivity index (χ3n) is 4.81. The van der Waals surface area contributed by atoms with Crippen molar-refractivity contribution in [2.24, 2.45) is 0 Å². The Kier molecular flexibility index (Phi) is 6.92. The average molecular weight is 418 g/mol. The first-order valence-corrected chi connectivity index (χ1v) is 10.3. The van der Waals surface area contributed by atoms with E-state index >= 15 is 0 Å². The summed E-state index contributed by atoms with van der Waals surface area (Å²) in [6.45, 7) is 0.857. The van der Waals surface area contributed by atoms with Crippen LogP contribution in [0.1, 0.15) is 22.4 Å². The summed E-state index contributed by atoms with van der Waals surface area (Å²) in [5.41, 5.74) is 4.09. The zero-order chi connectivity index (χ0) is 22.0. The number of hydrogen-bond acceptors (Lipinski definition) is 4. The lowest BCUT2D eigenvalue weighted by atomic mass is 10.1. The second-order valence-corrected chi connectivity index (χ2v) is 7.14. The lowest BCUT2D eigenvalue weighted by Gasteiger charge is -2.14. The van der Waals surface area contributed by atoms with E-state index in [0.717, 1.165) is 16.7 Å². The summed E-state index contributed by atoms with van der Waals surface area (Å²) < 4.78 is 12.2. The number of ether oxygens (including phenoxy) is 2. The van der Waals surface area contributed by atoms with Gasteiger partial charge in [0.1, 0.15) is 19.3 Å². The van der Waals surface area contributed by atoms with Gasteiger partial charge in [-0.15, -0.1) is 0 Å². The number of nitrogens with zero attached hydrogens (tertiary/aromatic N) is 2. The molecule has 0 saturated heterocycles. The fourth-order valence-corrected chi connectivity index (χ4v) is 3.17. The van der Waals surface area contributed by atoms with E-state index in [9.17, 15) is 5.26 Å². The SMILES string of the molecule is N#C/C(=C\c1ccc(OCc2ccccc2)c(OCc2ccccc2)c1)c1ccccn1. The Morgan fingerprint density at radius 1 is 0.750 bits per heavy atom. The molecule has 0 spiro atoms. The molecule has 32 heavy (non-hydrogen) atoms. The fourth-order valence-electron chi connectivity index (χ4n) is 3.17. The van der Waals surface area contributed by atoms with Crippen LogP contribution in [0.15, 0.2) is 103 Å². The van der Waals surface area contributed by atoms with Gasteiger partial charge in [0.15, 0.2) is 11.5 Å². The largest absolute Gasteiger partial charge is 0.485 e. The Morgan fingerprint density at radius 3 is 1.97 bits per heavy atom. The van der Waals surface area contributed by atoms with Crippen molar-refractivity contribution < 1.29 is 9.47 Å². The molecule has 4 aromatic rings. The molecule has 0 fully saturated rings. The Bertz CT molecular complexity index is 1210. The van der Waals surface area contributed by atoms with Crippen LogP contribution in [0.2, 0.25) is 0 Å². The first-order chi connectivity index (χ1) is 15.8. The second-order valence-electron chi connectivity index (χ2n) is 7.14. The summed E-state index contributed by atoms with van der Waals surface area (Å²) in [5, 5.41) is 9.61. The Labute approximate surface area is 188 Å². The summed E-state index contributed by atoms with van der Waals surface area (Å²) in [6.07, 6.45) is 3.48. The molecule has 0 bridgehead atoms. The van der Waals surface area contributed by atoms with Crippen molar-refractivity contribution in [3.63, 3.8) is 0 Å². The minimum absolute atomic E-state index is 0.418. The molecular formula is C28H22N2O2. The van der Waals surface area contributed by atoms with Gasteiger partial charge in [0, 0.05) is 6.20 Å². The van der Waals surface area contributed by atoms with Crippen LogP contribution in [-0.2, 0) is 13.2 Å². The third-order valence-corrected chi connectivity index (χ3v) is 4.81. The lowest BCUT2D eigenvalue weighted by molar-refractivity contribution is 0.256. The van der Waals surface area contributed by atoms with Gasteiger partial charge in [-0.2, -0.15) is 5.26 Å². The third kappa shape index (κ3) is 5.62. The molecular weight excluding hydrogens is 396 g/mol.